The fourth-order valence-corrected chi connectivity index (χ4v) is 6.29. The van der Waals surface area contributed by atoms with Crippen LogP contribution in [0.1, 0.15) is 27.2 Å². The molecule has 0 saturated heterocycles. The number of halogens is 1. The fraction of sp³-hybridized carbons (Fsp3) is 0.462. The molecule has 0 bridgehead atoms. The Morgan fingerprint density at radius 2 is 2.33 bits per heavy atom. The molecule has 0 atom stereocenters. The van der Waals surface area contributed by atoms with E-state index in [2.05, 4.69) is 51.8 Å². The Kier molecular flexibility index (Phi) is 7.03. The van der Waals surface area contributed by atoms with Crippen LogP contribution in [-0.4, -0.2) is 18.5 Å². The molecule has 1 aliphatic rings. The Morgan fingerprint density at radius 1 is 1.61 bits per heavy atom. The molecule has 0 amide bonds. The van der Waals surface area contributed by atoms with E-state index in [9.17, 15) is 0 Å². The molecule has 0 aromatic carbocycles. The number of nitrogens with zero attached hydrogens (tertiary/aromatic N) is 1. The summed E-state index contributed by atoms with van der Waals surface area (Å²) in [5.74, 6) is 0.997. The maximum absolute atomic E-state index is 4.52. The molecule has 2 N–H and O–H groups in total. The second-order valence-corrected chi connectivity index (χ2v) is 11.5. The predicted molar refractivity (Wildman–Crippen MR) is 93.1 cm³/mol. The van der Waals surface area contributed by atoms with Gasteiger partial charge in [0.2, 0.25) is 0 Å². The number of nitrogens with one attached hydrogen (secondary N) is 2. The van der Waals surface area contributed by atoms with E-state index in [1.807, 2.05) is 16.0 Å². The summed E-state index contributed by atoms with van der Waals surface area (Å²) in [6.45, 7) is 10.2. The Labute approximate surface area is 121 Å². The Balaban J connectivity index is 2.76. The van der Waals surface area contributed by atoms with Crippen LogP contribution in [0.4, 0.5) is 0 Å². The van der Waals surface area contributed by atoms with Gasteiger partial charge in [0.25, 0.3) is 0 Å². The second-order valence-electron chi connectivity index (χ2n) is 4.08. The SMILES string of the molecule is C=C(C)C/C=C(C)\C(=C/C)C1=NNI(NC)SC1. The molecule has 102 valence electrons. The van der Waals surface area contributed by atoms with Crippen molar-refractivity contribution in [2.45, 2.75) is 27.2 Å². The van der Waals surface area contributed by atoms with Crippen molar-refractivity contribution in [2.24, 2.45) is 5.10 Å². The summed E-state index contributed by atoms with van der Waals surface area (Å²) < 4.78 is 6.57. The van der Waals surface area contributed by atoms with Gasteiger partial charge < -0.3 is 0 Å². The van der Waals surface area contributed by atoms with Crippen LogP contribution < -0.4 is 7.17 Å². The number of allylic oxidation sites excluding steroid dienone is 5. The van der Waals surface area contributed by atoms with Crippen LogP contribution in [0.25, 0.3) is 0 Å². The van der Waals surface area contributed by atoms with Crippen LogP contribution in [0.3, 0.4) is 0 Å². The molecule has 0 spiro atoms. The van der Waals surface area contributed by atoms with Gasteiger partial charge in [0.1, 0.15) is 0 Å². The quantitative estimate of drug-likeness (QED) is 0.328. The Bertz CT molecular complexity index is 399. The van der Waals surface area contributed by atoms with Gasteiger partial charge >= 0.3 is 121 Å². The molecule has 3 nitrogen and oxygen atoms in total. The van der Waals surface area contributed by atoms with Crippen LogP contribution in [-0.2, 0) is 0 Å². The van der Waals surface area contributed by atoms with Gasteiger partial charge in [-0.1, -0.05) is 0 Å². The first-order valence-electron chi connectivity index (χ1n) is 5.89. The summed E-state index contributed by atoms with van der Waals surface area (Å²) in [4.78, 5) is 0. The summed E-state index contributed by atoms with van der Waals surface area (Å²) in [7, 11) is 3.97. The summed E-state index contributed by atoms with van der Waals surface area (Å²) in [5, 5.41) is 4.52. The third kappa shape index (κ3) is 4.78. The van der Waals surface area contributed by atoms with Crippen molar-refractivity contribution < 1.29 is 0 Å². The van der Waals surface area contributed by atoms with Crippen LogP contribution in [0.2, 0.25) is 0 Å². The van der Waals surface area contributed by atoms with Crippen molar-refractivity contribution in [3.05, 3.63) is 35.5 Å². The van der Waals surface area contributed by atoms with E-state index in [0.717, 1.165) is 17.9 Å². The molecule has 0 aromatic heterocycles. The molecular formula is C13H22IN3S. The van der Waals surface area contributed by atoms with E-state index in [-0.39, 0.29) is 0 Å². The first-order chi connectivity index (χ1) is 8.58. The summed E-state index contributed by atoms with van der Waals surface area (Å²) in [6.07, 6.45) is 5.31. The molecule has 1 rings (SSSR count). The molecule has 1 heterocycles. The van der Waals surface area contributed by atoms with E-state index in [1.165, 1.54) is 16.7 Å². The molecule has 0 aliphatic carbocycles. The molecule has 0 fully saturated rings. The van der Waals surface area contributed by atoms with Crippen molar-refractivity contribution in [1.29, 1.82) is 0 Å². The number of hydrazone groups is 1. The predicted octanol–water partition coefficient (Wildman–Crippen LogP) is 4.01. The fourth-order valence-electron chi connectivity index (χ4n) is 1.55. The third-order valence-electron chi connectivity index (χ3n) is 2.51. The molecule has 18 heavy (non-hydrogen) atoms. The van der Waals surface area contributed by atoms with Gasteiger partial charge in [-0.3, -0.25) is 0 Å². The van der Waals surface area contributed by atoms with Gasteiger partial charge in [-0.25, -0.2) is 0 Å². The van der Waals surface area contributed by atoms with Crippen LogP contribution in [0, 0.1) is 0 Å². The van der Waals surface area contributed by atoms with E-state index >= 15 is 0 Å². The molecular weight excluding hydrogens is 357 g/mol. The summed E-state index contributed by atoms with van der Waals surface area (Å²) in [6, 6.07) is 0. The van der Waals surface area contributed by atoms with Crippen LogP contribution in [0.5, 0.6) is 0 Å². The van der Waals surface area contributed by atoms with Crippen molar-refractivity contribution in [2.75, 3.05) is 12.8 Å². The molecule has 1 aliphatic heterocycles. The standard InChI is InChI=1S/C13H22IN3S/c1-6-12(11(4)8-7-10(2)3)13-9-18-14(15-5)17-16-13/h6,8,15,17H,2,7,9H2,1,3-5H3/b11-8-,12-6+. The maximum atomic E-state index is 4.52. The minimum absolute atomic E-state index is 0.937. The zero-order valence-corrected chi connectivity index (χ0v) is 14.5. The monoisotopic (exact) mass is 379 g/mol. The third-order valence-corrected chi connectivity index (χ3v) is 9.07. The van der Waals surface area contributed by atoms with Gasteiger partial charge in [-0.15, -0.1) is 0 Å². The molecule has 0 saturated carbocycles. The zero-order valence-electron chi connectivity index (χ0n) is 11.5. The number of hydrogen-bond donors (Lipinski definition) is 2. The normalized spacial score (nSPS) is 19.3. The average Bonchev–Trinajstić information content (AvgIpc) is 2.38. The van der Waals surface area contributed by atoms with E-state index in [0.29, 0.717) is 0 Å². The van der Waals surface area contributed by atoms with Gasteiger partial charge in [-0.2, -0.15) is 0 Å². The van der Waals surface area contributed by atoms with Crippen LogP contribution in [0.15, 0.2) is 40.6 Å². The minimum atomic E-state index is -1.26. The summed E-state index contributed by atoms with van der Waals surface area (Å²) in [5.41, 5.74) is 4.88. The summed E-state index contributed by atoms with van der Waals surface area (Å²) >= 11 is -1.26. The van der Waals surface area contributed by atoms with Gasteiger partial charge in [-0.05, 0) is 0 Å². The van der Waals surface area contributed by atoms with E-state index in [4.69, 9.17) is 0 Å². The van der Waals surface area contributed by atoms with Gasteiger partial charge in [0.05, 0.1) is 0 Å². The molecule has 0 radical (unpaired) electrons. The number of rotatable bonds is 5. The van der Waals surface area contributed by atoms with Crippen molar-refractivity contribution >= 4 is 33.6 Å². The topological polar surface area (TPSA) is 36.4 Å². The van der Waals surface area contributed by atoms with E-state index < -0.39 is 19.0 Å². The Hall–Kier alpha value is -0.270. The first-order valence-corrected chi connectivity index (χ1v) is 11.6. The number of hydrogen-bond acceptors (Lipinski definition) is 4. The van der Waals surface area contributed by atoms with Crippen molar-refractivity contribution in [3.63, 3.8) is 0 Å². The van der Waals surface area contributed by atoms with Crippen LogP contribution >= 0.6 is 27.9 Å². The molecule has 0 unspecified atom stereocenters. The van der Waals surface area contributed by atoms with Crippen molar-refractivity contribution in [3.8, 4) is 0 Å². The molecule has 0 aromatic rings. The molecule has 5 heteroatoms. The second kappa shape index (κ2) is 8.01. The van der Waals surface area contributed by atoms with E-state index in [1.54, 1.807) is 0 Å². The zero-order chi connectivity index (χ0) is 13.5. The van der Waals surface area contributed by atoms with Gasteiger partial charge in [0.15, 0.2) is 0 Å². The first kappa shape index (κ1) is 15.8. The average molecular weight is 379 g/mol. The Morgan fingerprint density at radius 3 is 2.78 bits per heavy atom. The van der Waals surface area contributed by atoms with Crippen molar-refractivity contribution in [1.82, 2.24) is 7.17 Å². The van der Waals surface area contributed by atoms with Gasteiger partial charge in [0, 0.05) is 0 Å².